The fraction of sp³-hybridized carbons (Fsp3) is 1.00. The standard InChI is InChI=1S/C10H25N3/c1-9(11-3)10(2)13(6)8-7-12(4)5/h9-11H,7-8H2,1-6H3. The molecule has 0 aromatic heterocycles. The molecule has 0 spiro atoms. The third-order valence-electron chi connectivity index (χ3n) is 2.77. The first-order valence-corrected chi connectivity index (χ1v) is 5.01. The van der Waals surface area contributed by atoms with Crippen LogP contribution in [0.4, 0.5) is 0 Å². The van der Waals surface area contributed by atoms with Crippen molar-refractivity contribution in [2.45, 2.75) is 25.9 Å². The van der Waals surface area contributed by atoms with Gasteiger partial charge in [-0.2, -0.15) is 0 Å². The molecular weight excluding hydrogens is 162 g/mol. The van der Waals surface area contributed by atoms with E-state index in [0.29, 0.717) is 12.1 Å². The van der Waals surface area contributed by atoms with Crippen LogP contribution in [-0.2, 0) is 0 Å². The van der Waals surface area contributed by atoms with Gasteiger partial charge in [0.1, 0.15) is 0 Å². The van der Waals surface area contributed by atoms with Crippen LogP contribution in [0.25, 0.3) is 0 Å². The van der Waals surface area contributed by atoms with E-state index >= 15 is 0 Å². The highest BCUT2D eigenvalue weighted by Crippen LogP contribution is 2.00. The first-order chi connectivity index (χ1) is 5.99. The molecule has 0 aromatic rings. The van der Waals surface area contributed by atoms with Crippen molar-refractivity contribution in [2.75, 3.05) is 41.3 Å². The molecule has 3 nitrogen and oxygen atoms in total. The van der Waals surface area contributed by atoms with Gasteiger partial charge < -0.3 is 15.1 Å². The van der Waals surface area contributed by atoms with Gasteiger partial charge in [0, 0.05) is 25.2 Å². The van der Waals surface area contributed by atoms with E-state index in [1.54, 1.807) is 0 Å². The molecule has 2 unspecified atom stereocenters. The number of hydrogen-bond donors (Lipinski definition) is 1. The molecule has 80 valence electrons. The Hall–Kier alpha value is -0.120. The first-order valence-electron chi connectivity index (χ1n) is 5.01. The van der Waals surface area contributed by atoms with Crippen molar-refractivity contribution in [1.82, 2.24) is 15.1 Å². The zero-order chi connectivity index (χ0) is 10.4. The average molecular weight is 187 g/mol. The summed E-state index contributed by atoms with van der Waals surface area (Å²) in [7, 11) is 8.42. The van der Waals surface area contributed by atoms with Crippen LogP contribution in [-0.4, -0.2) is 63.2 Å². The van der Waals surface area contributed by atoms with Crippen molar-refractivity contribution in [3.63, 3.8) is 0 Å². The second kappa shape index (κ2) is 6.35. The Labute approximate surface area is 83.1 Å². The largest absolute Gasteiger partial charge is 0.316 e. The van der Waals surface area contributed by atoms with E-state index in [2.05, 4.69) is 50.1 Å². The first kappa shape index (κ1) is 12.9. The lowest BCUT2D eigenvalue weighted by Gasteiger charge is -2.30. The molecule has 0 amide bonds. The molecule has 0 fully saturated rings. The van der Waals surface area contributed by atoms with Gasteiger partial charge >= 0.3 is 0 Å². The summed E-state index contributed by atoms with van der Waals surface area (Å²) in [6.45, 7) is 6.73. The third kappa shape index (κ3) is 5.24. The van der Waals surface area contributed by atoms with Gasteiger partial charge in [0.05, 0.1) is 0 Å². The van der Waals surface area contributed by atoms with Gasteiger partial charge in [0.25, 0.3) is 0 Å². The fourth-order valence-corrected chi connectivity index (χ4v) is 1.18. The van der Waals surface area contributed by atoms with Gasteiger partial charge in [-0.15, -0.1) is 0 Å². The molecule has 0 radical (unpaired) electrons. The Kier molecular flexibility index (Phi) is 6.29. The van der Waals surface area contributed by atoms with Crippen LogP contribution >= 0.6 is 0 Å². The lowest BCUT2D eigenvalue weighted by molar-refractivity contribution is 0.199. The lowest BCUT2D eigenvalue weighted by atomic mass is 10.1. The third-order valence-corrected chi connectivity index (χ3v) is 2.77. The molecule has 0 aromatic carbocycles. The Bertz CT molecular complexity index is 125. The minimum atomic E-state index is 0.548. The van der Waals surface area contributed by atoms with Crippen molar-refractivity contribution < 1.29 is 0 Å². The highest BCUT2D eigenvalue weighted by Gasteiger charge is 2.14. The normalized spacial score (nSPS) is 16.6. The minimum Gasteiger partial charge on any atom is -0.316 e. The van der Waals surface area contributed by atoms with Gasteiger partial charge in [-0.1, -0.05) is 0 Å². The van der Waals surface area contributed by atoms with Gasteiger partial charge in [-0.3, -0.25) is 0 Å². The highest BCUT2D eigenvalue weighted by atomic mass is 15.2. The van der Waals surface area contributed by atoms with Crippen molar-refractivity contribution in [3.05, 3.63) is 0 Å². The molecule has 0 bridgehead atoms. The van der Waals surface area contributed by atoms with E-state index in [1.165, 1.54) is 0 Å². The Morgan fingerprint density at radius 3 is 2.00 bits per heavy atom. The molecule has 3 heteroatoms. The zero-order valence-corrected chi connectivity index (χ0v) is 9.96. The van der Waals surface area contributed by atoms with Crippen molar-refractivity contribution in [1.29, 1.82) is 0 Å². The van der Waals surface area contributed by atoms with Crippen LogP contribution in [0.2, 0.25) is 0 Å². The molecule has 1 N–H and O–H groups in total. The van der Waals surface area contributed by atoms with Crippen molar-refractivity contribution in [3.8, 4) is 0 Å². The Morgan fingerprint density at radius 1 is 1.08 bits per heavy atom. The molecule has 0 aliphatic carbocycles. The zero-order valence-electron chi connectivity index (χ0n) is 9.96. The SMILES string of the molecule is CNC(C)C(C)N(C)CCN(C)C. The van der Waals surface area contributed by atoms with Crippen LogP contribution < -0.4 is 5.32 Å². The summed E-state index contributed by atoms with van der Waals surface area (Å²) in [6, 6.07) is 1.14. The van der Waals surface area contributed by atoms with Crippen LogP contribution in [0.15, 0.2) is 0 Å². The number of nitrogens with one attached hydrogen (secondary N) is 1. The molecule has 0 saturated heterocycles. The highest BCUT2D eigenvalue weighted by molar-refractivity contribution is 4.74. The van der Waals surface area contributed by atoms with Crippen LogP contribution in [0.5, 0.6) is 0 Å². The second-order valence-corrected chi connectivity index (χ2v) is 4.10. The van der Waals surface area contributed by atoms with E-state index in [-0.39, 0.29) is 0 Å². The summed E-state index contributed by atoms with van der Waals surface area (Å²) in [5, 5.41) is 3.28. The summed E-state index contributed by atoms with van der Waals surface area (Å²) < 4.78 is 0. The van der Waals surface area contributed by atoms with E-state index in [0.717, 1.165) is 13.1 Å². The molecule has 0 aliphatic heterocycles. The fourth-order valence-electron chi connectivity index (χ4n) is 1.18. The van der Waals surface area contributed by atoms with Gasteiger partial charge in [0.2, 0.25) is 0 Å². The summed E-state index contributed by atoms with van der Waals surface area (Å²) in [5.41, 5.74) is 0. The summed E-state index contributed by atoms with van der Waals surface area (Å²) in [6.07, 6.45) is 0. The maximum absolute atomic E-state index is 3.28. The molecule has 2 atom stereocenters. The maximum Gasteiger partial charge on any atom is 0.0215 e. The van der Waals surface area contributed by atoms with E-state index < -0.39 is 0 Å². The number of hydrogen-bond acceptors (Lipinski definition) is 3. The predicted molar refractivity (Wildman–Crippen MR) is 59.2 cm³/mol. The van der Waals surface area contributed by atoms with Crippen LogP contribution in [0.3, 0.4) is 0 Å². The molecule has 0 heterocycles. The Morgan fingerprint density at radius 2 is 1.62 bits per heavy atom. The monoisotopic (exact) mass is 187 g/mol. The molecule has 0 aliphatic rings. The smallest absolute Gasteiger partial charge is 0.0215 e. The maximum atomic E-state index is 3.28. The van der Waals surface area contributed by atoms with Gasteiger partial charge in [0.15, 0.2) is 0 Å². The van der Waals surface area contributed by atoms with E-state index in [9.17, 15) is 0 Å². The molecule has 0 rings (SSSR count). The lowest BCUT2D eigenvalue weighted by Crippen LogP contribution is -2.45. The summed E-state index contributed by atoms with van der Waals surface area (Å²) >= 11 is 0. The Balaban J connectivity index is 3.74. The molecular formula is C10H25N3. The minimum absolute atomic E-state index is 0.548. The van der Waals surface area contributed by atoms with Crippen molar-refractivity contribution in [2.24, 2.45) is 0 Å². The van der Waals surface area contributed by atoms with Crippen LogP contribution in [0.1, 0.15) is 13.8 Å². The van der Waals surface area contributed by atoms with Crippen molar-refractivity contribution >= 4 is 0 Å². The second-order valence-electron chi connectivity index (χ2n) is 4.10. The predicted octanol–water partition coefficient (Wildman–Crippen LogP) is 0.476. The summed E-state index contributed by atoms with van der Waals surface area (Å²) in [4.78, 5) is 4.61. The topological polar surface area (TPSA) is 18.5 Å². The molecule has 13 heavy (non-hydrogen) atoms. The van der Waals surface area contributed by atoms with Gasteiger partial charge in [-0.25, -0.2) is 0 Å². The van der Waals surface area contributed by atoms with E-state index in [1.807, 2.05) is 7.05 Å². The quantitative estimate of drug-likeness (QED) is 0.652. The molecule has 0 saturated carbocycles. The summed E-state index contributed by atoms with van der Waals surface area (Å²) in [5.74, 6) is 0. The van der Waals surface area contributed by atoms with Gasteiger partial charge in [-0.05, 0) is 42.0 Å². The van der Waals surface area contributed by atoms with Crippen LogP contribution in [0, 0.1) is 0 Å². The number of rotatable bonds is 6. The van der Waals surface area contributed by atoms with E-state index in [4.69, 9.17) is 0 Å². The number of likely N-dealkylation sites (N-methyl/N-ethyl adjacent to an activating group) is 3. The number of nitrogens with zero attached hydrogens (tertiary/aromatic N) is 2. The average Bonchev–Trinajstić information content (AvgIpc) is 2.11.